The van der Waals surface area contributed by atoms with E-state index in [0.717, 1.165) is 18.6 Å². The molecule has 0 aromatic heterocycles. The molecule has 150 valence electrons. The zero-order valence-electron chi connectivity index (χ0n) is 15.8. The van der Waals surface area contributed by atoms with Crippen LogP contribution in [-0.2, 0) is 0 Å². The summed E-state index contributed by atoms with van der Waals surface area (Å²) in [5.41, 5.74) is 4.24. The number of methoxy groups -OCH3 is 1. The summed E-state index contributed by atoms with van der Waals surface area (Å²) in [6, 6.07) is 6.93. The van der Waals surface area contributed by atoms with Crippen LogP contribution in [0.1, 0.15) is 41.0 Å². The third-order valence-electron chi connectivity index (χ3n) is 3.79. The normalized spacial score (nSPS) is 10.5. The molecule has 0 radical (unpaired) electrons. The number of hydrazine groups is 1. The lowest BCUT2D eigenvalue weighted by molar-refractivity contribution is 0.0846. The highest BCUT2D eigenvalue weighted by molar-refractivity contribution is 5.99. The first-order valence-electron chi connectivity index (χ1n) is 8.67. The molecule has 0 atom stereocenters. The van der Waals surface area contributed by atoms with Gasteiger partial charge in [-0.15, -0.1) is 0 Å². The van der Waals surface area contributed by atoms with Crippen LogP contribution >= 0.6 is 0 Å². The number of halogens is 2. The van der Waals surface area contributed by atoms with Crippen LogP contribution in [0.2, 0.25) is 0 Å². The van der Waals surface area contributed by atoms with Crippen LogP contribution < -0.4 is 20.3 Å². The maximum absolute atomic E-state index is 13.2. The first kappa shape index (κ1) is 21.1. The molecule has 6 nitrogen and oxygen atoms in total. The van der Waals surface area contributed by atoms with E-state index in [1.807, 2.05) is 0 Å². The van der Waals surface area contributed by atoms with Gasteiger partial charge in [-0.1, -0.05) is 13.8 Å². The molecule has 0 bridgehead atoms. The van der Waals surface area contributed by atoms with E-state index in [0.29, 0.717) is 30.1 Å². The maximum Gasteiger partial charge on any atom is 0.269 e. The van der Waals surface area contributed by atoms with E-state index >= 15 is 0 Å². The summed E-state index contributed by atoms with van der Waals surface area (Å²) in [6.07, 6.45) is 0.873. The molecule has 0 heterocycles. The Morgan fingerprint density at radius 2 is 1.54 bits per heavy atom. The number of nitrogens with one attached hydrogen (secondary N) is 2. The topological polar surface area (TPSA) is 76.7 Å². The maximum atomic E-state index is 13.2. The monoisotopic (exact) mass is 392 g/mol. The van der Waals surface area contributed by atoms with Crippen LogP contribution in [0.15, 0.2) is 36.4 Å². The number of carbonyl (C=O) groups is 2. The van der Waals surface area contributed by atoms with Gasteiger partial charge in [0.1, 0.15) is 11.6 Å². The number of ether oxygens (including phenoxy) is 2. The van der Waals surface area contributed by atoms with Gasteiger partial charge in [-0.05, 0) is 42.7 Å². The number of benzene rings is 2. The Bertz CT molecular complexity index is 836. The summed E-state index contributed by atoms with van der Waals surface area (Å²) in [4.78, 5) is 24.2. The fourth-order valence-electron chi connectivity index (χ4n) is 2.28. The highest BCUT2D eigenvalue weighted by Crippen LogP contribution is 2.28. The fourth-order valence-corrected chi connectivity index (χ4v) is 2.28. The second-order valence-corrected chi connectivity index (χ2v) is 6.46. The summed E-state index contributed by atoms with van der Waals surface area (Å²) in [6.45, 7) is 4.68. The molecule has 0 aliphatic heterocycles. The zero-order valence-corrected chi connectivity index (χ0v) is 15.8. The molecule has 2 aromatic carbocycles. The molecule has 28 heavy (non-hydrogen) atoms. The van der Waals surface area contributed by atoms with E-state index in [9.17, 15) is 18.4 Å². The van der Waals surface area contributed by atoms with Gasteiger partial charge in [0.25, 0.3) is 11.8 Å². The Morgan fingerprint density at radius 3 is 2.11 bits per heavy atom. The van der Waals surface area contributed by atoms with Gasteiger partial charge in [0.05, 0.1) is 13.7 Å². The average molecular weight is 392 g/mol. The van der Waals surface area contributed by atoms with Crippen molar-refractivity contribution in [2.24, 2.45) is 5.92 Å². The van der Waals surface area contributed by atoms with E-state index in [1.54, 1.807) is 6.07 Å². The summed E-state index contributed by atoms with van der Waals surface area (Å²) in [5.74, 6) is -1.91. The first-order chi connectivity index (χ1) is 13.3. The molecule has 0 aliphatic rings. The van der Waals surface area contributed by atoms with Gasteiger partial charge in [0, 0.05) is 17.2 Å². The van der Waals surface area contributed by atoms with E-state index in [1.165, 1.54) is 19.2 Å². The second-order valence-electron chi connectivity index (χ2n) is 6.46. The van der Waals surface area contributed by atoms with Gasteiger partial charge in [-0.3, -0.25) is 20.4 Å². The van der Waals surface area contributed by atoms with Gasteiger partial charge in [0.15, 0.2) is 11.5 Å². The van der Waals surface area contributed by atoms with Gasteiger partial charge in [-0.2, -0.15) is 0 Å². The molecule has 0 aliphatic carbocycles. The number of rotatable bonds is 7. The number of carbonyl (C=O) groups excluding carboxylic acids is 2. The van der Waals surface area contributed by atoms with Crippen LogP contribution in [-0.4, -0.2) is 25.5 Å². The molecule has 8 heteroatoms. The lowest BCUT2D eigenvalue weighted by atomic mass is 10.1. The third-order valence-corrected chi connectivity index (χ3v) is 3.79. The number of hydrogen-bond donors (Lipinski definition) is 2. The van der Waals surface area contributed by atoms with E-state index < -0.39 is 23.4 Å². The Labute approximate surface area is 161 Å². The van der Waals surface area contributed by atoms with Crippen LogP contribution in [0.4, 0.5) is 8.78 Å². The van der Waals surface area contributed by atoms with Crippen LogP contribution in [0.3, 0.4) is 0 Å². The van der Waals surface area contributed by atoms with Crippen molar-refractivity contribution in [1.82, 2.24) is 10.9 Å². The Hall–Kier alpha value is -3.16. The summed E-state index contributed by atoms with van der Waals surface area (Å²) >= 11 is 0. The van der Waals surface area contributed by atoms with Gasteiger partial charge < -0.3 is 9.47 Å². The van der Waals surface area contributed by atoms with Gasteiger partial charge in [-0.25, -0.2) is 8.78 Å². The minimum absolute atomic E-state index is 0.207. The summed E-state index contributed by atoms with van der Waals surface area (Å²) in [5, 5.41) is 0. The highest BCUT2D eigenvalue weighted by Gasteiger charge is 2.14. The smallest absolute Gasteiger partial charge is 0.269 e. The molecule has 0 unspecified atom stereocenters. The largest absolute Gasteiger partial charge is 0.493 e. The Kier molecular flexibility index (Phi) is 7.31. The minimum atomic E-state index is -0.894. The van der Waals surface area contributed by atoms with Crippen LogP contribution in [0.5, 0.6) is 11.5 Å². The minimum Gasteiger partial charge on any atom is -0.493 e. The van der Waals surface area contributed by atoms with Crippen molar-refractivity contribution in [2.45, 2.75) is 20.3 Å². The Balaban J connectivity index is 2.00. The predicted molar refractivity (Wildman–Crippen MR) is 99.2 cm³/mol. The molecule has 0 saturated carbocycles. The molecule has 0 fully saturated rings. The van der Waals surface area contributed by atoms with E-state index in [-0.39, 0.29) is 11.1 Å². The quantitative estimate of drug-likeness (QED) is 0.708. The SMILES string of the molecule is COc1cc(C(=O)NNC(=O)c2cc(F)cc(F)c2)ccc1OCCC(C)C. The average Bonchev–Trinajstić information content (AvgIpc) is 2.64. The van der Waals surface area contributed by atoms with Crippen molar-refractivity contribution >= 4 is 11.8 Å². The molecule has 2 aromatic rings. The van der Waals surface area contributed by atoms with Gasteiger partial charge >= 0.3 is 0 Å². The molecule has 2 N–H and O–H groups in total. The Morgan fingerprint density at radius 1 is 0.929 bits per heavy atom. The standard InChI is InChI=1S/C20H22F2N2O4/c1-12(2)6-7-28-17-5-4-13(10-18(17)27-3)19(25)23-24-20(26)14-8-15(21)11-16(22)9-14/h4-5,8-12H,6-7H2,1-3H3,(H,23,25)(H,24,26). The summed E-state index contributed by atoms with van der Waals surface area (Å²) < 4.78 is 37.2. The molecular formula is C20H22F2N2O4. The predicted octanol–water partition coefficient (Wildman–Crippen LogP) is 3.47. The van der Waals surface area contributed by atoms with Crippen molar-refractivity contribution in [1.29, 1.82) is 0 Å². The van der Waals surface area contributed by atoms with Crippen molar-refractivity contribution in [2.75, 3.05) is 13.7 Å². The van der Waals surface area contributed by atoms with Crippen LogP contribution in [0, 0.1) is 17.6 Å². The molecule has 2 rings (SSSR count). The lowest BCUT2D eigenvalue weighted by Gasteiger charge is -2.13. The number of hydrogen-bond acceptors (Lipinski definition) is 4. The van der Waals surface area contributed by atoms with Crippen molar-refractivity contribution in [3.05, 3.63) is 59.2 Å². The molecule has 0 spiro atoms. The van der Waals surface area contributed by atoms with E-state index in [2.05, 4.69) is 24.7 Å². The molecular weight excluding hydrogens is 370 g/mol. The third kappa shape index (κ3) is 5.94. The zero-order chi connectivity index (χ0) is 20.7. The number of amides is 2. The highest BCUT2D eigenvalue weighted by atomic mass is 19.1. The van der Waals surface area contributed by atoms with Crippen molar-refractivity contribution in [3.8, 4) is 11.5 Å². The molecule has 2 amide bonds. The van der Waals surface area contributed by atoms with Crippen molar-refractivity contribution < 1.29 is 27.8 Å². The summed E-state index contributed by atoms with van der Waals surface area (Å²) in [7, 11) is 1.45. The van der Waals surface area contributed by atoms with Gasteiger partial charge in [0.2, 0.25) is 0 Å². The van der Waals surface area contributed by atoms with Crippen molar-refractivity contribution in [3.63, 3.8) is 0 Å². The fraction of sp³-hybridized carbons (Fsp3) is 0.300. The van der Waals surface area contributed by atoms with Crippen LogP contribution in [0.25, 0.3) is 0 Å². The lowest BCUT2D eigenvalue weighted by Crippen LogP contribution is -2.41. The van der Waals surface area contributed by atoms with E-state index in [4.69, 9.17) is 9.47 Å². The second kappa shape index (κ2) is 9.68. The first-order valence-corrected chi connectivity index (χ1v) is 8.67. The molecule has 0 saturated heterocycles.